The van der Waals surface area contributed by atoms with Crippen molar-refractivity contribution in [2.45, 2.75) is 44.9 Å². The average molecular weight is 323 g/mol. The number of nitrogens with one attached hydrogen (secondary N) is 2. The Kier molecular flexibility index (Phi) is 5.13. The van der Waals surface area contributed by atoms with Crippen LogP contribution in [0, 0.1) is 11.8 Å². The molecule has 1 amide bonds. The summed E-state index contributed by atoms with van der Waals surface area (Å²) in [5.41, 5.74) is 1.14. The van der Waals surface area contributed by atoms with Crippen molar-refractivity contribution in [2.24, 2.45) is 11.8 Å². The summed E-state index contributed by atoms with van der Waals surface area (Å²) in [6.45, 7) is 1.48. The Balaban J connectivity index is 1.40. The second-order valence-corrected chi connectivity index (χ2v) is 6.70. The molecular formula is C16H23ClN4O. The molecule has 5 nitrogen and oxygen atoms in total. The second kappa shape index (κ2) is 7.27. The first-order valence-electron chi connectivity index (χ1n) is 8.25. The van der Waals surface area contributed by atoms with Crippen LogP contribution in [0.2, 0.25) is 5.28 Å². The van der Waals surface area contributed by atoms with Crippen LogP contribution < -0.4 is 10.6 Å². The monoisotopic (exact) mass is 322 g/mol. The Morgan fingerprint density at radius 2 is 2.09 bits per heavy atom. The van der Waals surface area contributed by atoms with Crippen LogP contribution in [0.1, 0.15) is 44.1 Å². The van der Waals surface area contributed by atoms with Crippen LogP contribution in [0.25, 0.3) is 0 Å². The third-order valence-electron chi connectivity index (χ3n) is 4.46. The first kappa shape index (κ1) is 15.5. The third kappa shape index (κ3) is 4.32. The van der Waals surface area contributed by atoms with Gasteiger partial charge in [-0.2, -0.15) is 0 Å². The lowest BCUT2D eigenvalue weighted by Gasteiger charge is -2.24. The van der Waals surface area contributed by atoms with E-state index in [2.05, 4.69) is 20.6 Å². The number of amides is 1. The van der Waals surface area contributed by atoms with Crippen LogP contribution in [0.5, 0.6) is 0 Å². The molecule has 0 radical (unpaired) electrons. The summed E-state index contributed by atoms with van der Waals surface area (Å²) in [6, 6.07) is 0. The predicted octanol–water partition coefficient (Wildman–Crippen LogP) is 2.80. The molecule has 0 aliphatic heterocycles. The Labute approximate surface area is 136 Å². The SMILES string of the molecule is O=C(NCCCNc1nc(Cl)ncc1CC1CC1)C1CCC1. The maximum Gasteiger partial charge on any atom is 0.224 e. The van der Waals surface area contributed by atoms with E-state index >= 15 is 0 Å². The molecule has 2 fully saturated rings. The summed E-state index contributed by atoms with van der Waals surface area (Å²) in [4.78, 5) is 20.1. The highest BCUT2D eigenvalue weighted by atomic mass is 35.5. The fourth-order valence-electron chi connectivity index (χ4n) is 2.64. The lowest BCUT2D eigenvalue weighted by molar-refractivity contribution is -0.127. The van der Waals surface area contributed by atoms with Gasteiger partial charge in [0.1, 0.15) is 5.82 Å². The van der Waals surface area contributed by atoms with E-state index < -0.39 is 0 Å². The van der Waals surface area contributed by atoms with Gasteiger partial charge in [0.25, 0.3) is 0 Å². The van der Waals surface area contributed by atoms with E-state index in [1.807, 2.05) is 6.20 Å². The summed E-state index contributed by atoms with van der Waals surface area (Å²) in [5.74, 6) is 2.11. The first-order valence-corrected chi connectivity index (χ1v) is 8.63. The smallest absolute Gasteiger partial charge is 0.224 e. The second-order valence-electron chi connectivity index (χ2n) is 6.36. The van der Waals surface area contributed by atoms with E-state index in [0.717, 1.165) is 49.5 Å². The summed E-state index contributed by atoms with van der Waals surface area (Å²) in [7, 11) is 0. The van der Waals surface area contributed by atoms with Crippen LogP contribution in [0.15, 0.2) is 6.20 Å². The number of hydrogen-bond acceptors (Lipinski definition) is 4. The number of halogens is 1. The van der Waals surface area contributed by atoms with Gasteiger partial charge < -0.3 is 10.6 Å². The zero-order valence-corrected chi connectivity index (χ0v) is 13.5. The molecule has 1 aromatic heterocycles. The van der Waals surface area contributed by atoms with Crippen LogP contribution in [-0.2, 0) is 11.2 Å². The molecular weight excluding hydrogens is 300 g/mol. The van der Waals surface area contributed by atoms with Gasteiger partial charge in [0.2, 0.25) is 11.2 Å². The van der Waals surface area contributed by atoms with E-state index in [0.29, 0.717) is 6.54 Å². The Bertz CT molecular complexity index is 529. The summed E-state index contributed by atoms with van der Waals surface area (Å²) < 4.78 is 0. The van der Waals surface area contributed by atoms with E-state index in [1.54, 1.807) is 0 Å². The van der Waals surface area contributed by atoms with Crippen molar-refractivity contribution in [1.82, 2.24) is 15.3 Å². The molecule has 2 aliphatic carbocycles. The number of aromatic nitrogens is 2. The van der Waals surface area contributed by atoms with Gasteiger partial charge >= 0.3 is 0 Å². The lowest BCUT2D eigenvalue weighted by Crippen LogP contribution is -2.35. The molecule has 1 aromatic rings. The summed E-state index contributed by atoms with van der Waals surface area (Å²) in [5, 5.41) is 6.61. The Morgan fingerprint density at radius 3 is 2.77 bits per heavy atom. The van der Waals surface area contributed by atoms with E-state index in [9.17, 15) is 4.79 Å². The number of anilines is 1. The number of nitrogens with zero attached hydrogens (tertiary/aromatic N) is 2. The van der Waals surface area contributed by atoms with Crippen LogP contribution in [0.3, 0.4) is 0 Å². The molecule has 6 heteroatoms. The molecule has 3 rings (SSSR count). The van der Waals surface area contributed by atoms with Crippen molar-refractivity contribution >= 4 is 23.3 Å². The molecule has 2 N–H and O–H groups in total. The van der Waals surface area contributed by atoms with Crippen molar-refractivity contribution in [3.05, 3.63) is 17.0 Å². The maximum atomic E-state index is 11.7. The topological polar surface area (TPSA) is 66.9 Å². The van der Waals surface area contributed by atoms with Crippen molar-refractivity contribution < 1.29 is 4.79 Å². The molecule has 0 saturated heterocycles. The fourth-order valence-corrected chi connectivity index (χ4v) is 2.78. The molecule has 0 spiro atoms. The molecule has 2 saturated carbocycles. The zero-order valence-electron chi connectivity index (χ0n) is 12.8. The lowest BCUT2D eigenvalue weighted by atomic mass is 9.85. The molecule has 22 heavy (non-hydrogen) atoms. The van der Waals surface area contributed by atoms with Crippen molar-refractivity contribution in [1.29, 1.82) is 0 Å². The average Bonchev–Trinajstić information content (AvgIpc) is 3.23. The molecule has 0 unspecified atom stereocenters. The van der Waals surface area contributed by atoms with Crippen LogP contribution >= 0.6 is 11.6 Å². The Hall–Kier alpha value is -1.36. The minimum absolute atomic E-state index is 0.214. The van der Waals surface area contributed by atoms with Crippen molar-refractivity contribution in [3.8, 4) is 0 Å². The van der Waals surface area contributed by atoms with Gasteiger partial charge in [0.05, 0.1) is 0 Å². The van der Waals surface area contributed by atoms with Gasteiger partial charge in [-0.25, -0.2) is 9.97 Å². The highest BCUT2D eigenvalue weighted by molar-refractivity contribution is 6.28. The summed E-state index contributed by atoms with van der Waals surface area (Å²) >= 11 is 5.89. The largest absolute Gasteiger partial charge is 0.370 e. The summed E-state index contributed by atoms with van der Waals surface area (Å²) in [6.07, 6.45) is 9.62. The molecule has 0 aromatic carbocycles. The van der Waals surface area contributed by atoms with Gasteiger partial charge in [0.15, 0.2) is 0 Å². The van der Waals surface area contributed by atoms with E-state index in [-0.39, 0.29) is 17.1 Å². The first-order chi connectivity index (χ1) is 10.7. The van der Waals surface area contributed by atoms with Gasteiger partial charge in [-0.3, -0.25) is 4.79 Å². The third-order valence-corrected chi connectivity index (χ3v) is 4.64. The zero-order chi connectivity index (χ0) is 15.4. The van der Waals surface area contributed by atoms with E-state index in [4.69, 9.17) is 11.6 Å². The Morgan fingerprint density at radius 1 is 1.27 bits per heavy atom. The van der Waals surface area contributed by atoms with Crippen molar-refractivity contribution in [3.63, 3.8) is 0 Å². The molecule has 0 atom stereocenters. The quantitative estimate of drug-likeness (QED) is 0.570. The standard InChI is InChI=1S/C16H23ClN4O/c17-16-20-10-13(9-11-5-6-11)14(21-16)18-7-2-8-19-15(22)12-3-1-4-12/h10-12H,1-9H2,(H,19,22)(H,18,20,21). The minimum atomic E-state index is 0.214. The molecule has 0 bridgehead atoms. The fraction of sp³-hybridized carbons (Fsp3) is 0.688. The molecule has 2 aliphatic rings. The van der Waals surface area contributed by atoms with Gasteiger partial charge in [-0.1, -0.05) is 6.42 Å². The predicted molar refractivity (Wildman–Crippen MR) is 86.9 cm³/mol. The molecule has 1 heterocycles. The minimum Gasteiger partial charge on any atom is -0.370 e. The maximum absolute atomic E-state index is 11.7. The highest BCUT2D eigenvalue weighted by Crippen LogP contribution is 2.34. The van der Waals surface area contributed by atoms with Gasteiger partial charge in [0, 0.05) is 30.8 Å². The van der Waals surface area contributed by atoms with E-state index in [1.165, 1.54) is 19.3 Å². The molecule has 120 valence electrons. The van der Waals surface area contributed by atoms with Crippen LogP contribution in [-0.4, -0.2) is 29.0 Å². The van der Waals surface area contributed by atoms with Crippen molar-refractivity contribution in [2.75, 3.05) is 18.4 Å². The van der Waals surface area contributed by atoms with Gasteiger partial charge in [-0.15, -0.1) is 0 Å². The number of carbonyl (C=O) groups is 1. The van der Waals surface area contributed by atoms with Gasteiger partial charge in [-0.05, 0) is 56.0 Å². The number of rotatable bonds is 8. The highest BCUT2D eigenvalue weighted by Gasteiger charge is 2.25. The number of hydrogen-bond donors (Lipinski definition) is 2. The number of carbonyl (C=O) groups excluding carboxylic acids is 1. The van der Waals surface area contributed by atoms with Crippen LogP contribution in [0.4, 0.5) is 5.82 Å². The normalized spacial score (nSPS) is 17.9.